The van der Waals surface area contributed by atoms with E-state index in [0.717, 1.165) is 19.3 Å². The molecule has 1 saturated heterocycles. The Bertz CT molecular complexity index is 518. The number of furan rings is 1. The molecular formula is C12H17NO4S. The zero-order valence-corrected chi connectivity index (χ0v) is 11.1. The van der Waals surface area contributed by atoms with Gasteiger partial charge >= 0.3 is 0 Å². The SMILES string of the molecule is CC1COC2(CCC2)CN1S(=O)(=O)c1ccco1. The number of ether oxygens (including phenoxy) is 1. The minimum atomic E-state index is -3.53. The fourth-order valence-corrected chi connectivity index (χ4v) is 4.19. The Morgan fingerprint density at radius 3 is 2.78 bits per heavy atom. The summed E-state index contributed by atoms with van der Waals surface area (Å²) in [4.78, 5) is 0. The van der Waals surface area contributed by atoms with Gasteiger partial charge in [0.25, 0.3) is 10.0 Å². The molecule has 18 heavy (non-hydrogen) atoms. The maximum absolute atomic E-state index is 12.5. The average molecular weight is 271 g/mol. The molecule has 6 heteroatoms. The fourth-order valence-electron chi connectivity index (χ4n) is 2.59. The summed E-state index contributed by atoms with van der Waals surface area (Å²) < 4.78 is 37.3. The van der Waals surface area contributed by atoms with Crippen molar-refractivity contribution in [2.24, 2.45) is 0 Å². The van der Waals surface area contributed by atoms with Crippen molar-refractivity contribution in [3.8, 4) is 0 Å². The number of sulfonamides is 1. The lowest BCUT2D eigenvalue weighted by Crippen LogP contribution is -2.60. The lowest BCUT2D eigenvalue weighted by Gasteiger charge is -2.49. The summed E-state index contributed by atoms with van der Waals surface area (Å²) >= 11 is 0. The van der Waals surface area contributed by atoms with Crippen LogP contribution in [0.2, 0.25) is 0 Å². The van der Waals surface area contributed by atoms with Crippen molar-refractivity contribution in [3.63, 3.8) is 0 Å². The quantitative estimate of drug-likeness (QED) is 0.820. The Hall–Kier alpha value is -0.850. The van der Waals surface area contributed by atoms with E-state index in [1.165, 1.54) is 16.6 Å². The molecule has 1 spiro atoms. The lowest BCUT2D eigenvalue weighted by atomic mass is 9.79. The van der Waals surface area contributed by atoms with Crippen LogP contribution in [0.4, 0.5) is 0 Å². The number of hydrogen-bond acceptors (Lipinski definition) is 4. The Labute approximate surface area is 107 Å². The summed E-state index contributed by atoms with van der Waals surface area (Å²) in [5.74, 6) is 0. The van der Waals surface area contributed by atoms with Gasteiger partial charge in [-0.2, -0.15) is 4.31 Å². The van der Waals surface area contributed by atoms with E-state index in [-0.39, 0.29) is 16.7 Å². The van der Waals surface area contributed by atoms with Gasteiger partial charge in [0.1, 0.15) is 0 Å². The molecule has 3 rings (SSSR count). The zero-order chi connectivity index (χ0) is 12.8. The van der Waals surface area contributed by atoms with Crippen LogP contribution in [0.25, 0.3) is 0 Å². The molecule has 5 nitrogen and oxygen atoms in total. The van der Waals surface area contributed by atoms with Gasteiger partial charge in [-0.25, -0.2) is 8.42 Å². The van der Waals surface area contributed by atoms with Gasteiger partial charge in [0.05, 0.1) is 18.5 Å². The smallest absolute Gasteiger partial charge is 0.276 e. The first-order valence-corrected chi connectivity index (χ1v) is 7.67. The highest BCUT2D eigenvalue weighted by molar-refractivity contribution is 7.89. The van der Waals surface area contributed by atoms with Gasteiger partial charge < -0.3 is 9.15 Å². The zero-order valence-electron chi connectivity index (χ0n) is 10.3. The van der Waals surface area contributed by atoms with Crippen LogP contribution in [-0.4, -0.2) is 37.5 Å². The molecule has 0 aromatic carbocycles. The molecule has 1 aromatic heterocycles. The highest BCUT2D eigenvalue weighted by atomic mass is 32.2. The van der Waals surface area contributed by atoms with Gasteiger partial charge in [-0.1, -0.05) is 0 Å². The minimum absolute atomic E-state index is 0.0192. The summed E-state index contributed by atoms with van der Waals surface area (Å²) in [6, 6.07) is 2.94. The molecular weight excluding hydrogens is 254 g/mol. The van der Waals surface area contributed by atoms with Gasteiger partial charge in [0, 0.05) is 12.6 Å². The number of morpholine rings is 1. The van der Waals surface area contributed by atoms with E-state index < -0.39 is 10.0 Å². The lowest BCUT2D eigenvalue weighted by molar-refractivity contribution is -0.150. The van der Waals surface area contributed by atoms with E-state index in [0.29, 0.717) is 13.2 Å². The molecule has 0 N–H and O–H groups in total. The molecule has 1 aromatic rings. The van der Waals surface area contributed by atoms with Gasteiger partial charge in [-0.3, -0.25) is 0 Å². The van der Waals surface area contributed by atoms with Crippen LogP contribution in [0.3, 0.4) is 0 Å². The second-order valence-electron chi connectivity index (χ2n) is 5.18. The molecule has 0 radical (unpaired) electrons. The molecule has 2 fully saturated rings. The monoisotopic (exact) mass is 271 g/mol. The van der Waals surface area contributed by atoms with Crippen LogP contribution in [0, 0.1) is 0 Å². The molecule has 1 aliphatic carbocycles. The second-order valence-corrected chi connectivity index (χ2v) is 7.00. The largest absolute Gasteiger partial charge is 0.452 e. The van der Waals surface area contributed by atoms with Gasteiger partial charge in [-0.15, -0.1) is 0 Å². The van der Waals surface area contributed by atoms with Crippen molar-refractivity contribution >= 4 is 10.0 Å². The topological polar surface area (TPSA) is 59.8 Å². The van der Waals surface area contributed by atoms with Crippen molar-refractivity contribution in [2.75, 3.05) is 13.2 Å². The molecule has 1 unspecified atom stereocenters. The van der Waals surface area contributed by atoms with E-state index in [4.69, 9.17) is 9.15 Å². The minimum Gasteiger partial charge on any atom is -0.452 e. The third-order valence-corrected chi connectivity index (χ3v) is 5.74. The van der Waals surface area contributed by atoms with Crippen LogP contribution in [0.1, 0.15) is 26.2 Å². The van der Waals surface area contributed by atoms with Gasteiger partial charge in [-0.05, 0) is 38.3 Å². The van der Waals surface area contributed by atoms with Crippen molar-refractivity contribution in [3.05, 3.63) is 18.4 Å². The summed E-state index contributed by atoms with van der Waals surface area (Å²) in [6.45, 7) is 2.77. The molecule has 2 heterocycles. The van der Waals surface area contributed by atoms with Crippen molar-refractivity contribution in [2.45, 2.75) is 42.9 Å². The Morgan fingerprint density at radius 2 is 2.22 bits per heavy atom. The molecule has 1 aliphatic heterocycles. The van der Waals surface area contributed by atoms with Crippen LogP contribution in [-0.2, 0) is 14.8 Å². The molecule has 100 valence electrons. The van der Waals surface area contributed by atoms with Crippen LogP contribution in [0.15, 0.2) is 27.9 Å². The summed E-state index contributed by atoms with van der Waals surface area (Å²) in [6.07, 6.45) is 4.40. The molecule has 0 amide bonds. The maximum atomic E-state index is 12.5. The number of rotatable bonds is 2. The van der Waals surface area contributed by atoms with E-state index >= 15 is 0 Å². The summed E-state index contributed by atoms with van der Waals surface area (Å²) in [7, 11) is -3.53. The first-order chi connectivity index (χ1) is 8.54. The average Bonchev–Trinajstić information content (AvgIpc) is 2.81. The predicted molar refractivity (Wildman–Crippen MR) is 64.6 cm³/mol. The highest BCUT2D eigenvalue weighted by Crippen LogP contribution is 2.40. The van der Waals surface area contributed by atoms with Crippen molar-refractivity contribution in [1.29, 1.82) is 0 Å². The van der Waals surface area contributed by atoms with Crippen molar-refractivity contribution in [1.82, 2.24) is 4.31 Å². The van der Waals surface area contributed by atoms with Gasteiger partial charge in [0.2, 0.25) is 5.09 Å². The summed E-state index contributed by atoms with van der Waals surface area (Å²) in [5.41, 5.74) is -0.244. The standard InChI is InChI=1S/C12H17NO4S/c1-10-8-17-12(5-3-6-12)9-13(10)18(14,15)11-4-2-7-16-11/h2,4,7,10H,3,5-6,8-9H2,1H3. The van der Waals surface area contributed by atoms with Crippen LogP contribution >= 0.6 is 0 Å². The van der Waals surface area contributed by atoms with E-state index in [1.54, 1.807) is 6.07 Å². The molecule has 1 atom stereocenters. The third-order valence-electron chi connectivity index (χ3n) is 3.89. The van der Waals surface area contributed by atoms with Gasteiger partial charge in [0.15, 0.2) is 0 Å². The third kappa shape index (κ3) is 1.79. The first-order valence-electron chi connectivity index (χ1n) is 6.23. The molecule has 1 saturated carbocycles. The van der Waals surface area contributed by atoms with Crippen LogP contribution < -0.4 is 0 Å². The van der Waals surface area contributed by atoms with E-state index in [9.17, 15) is 8.42 Å². The normalized spacial score (nSPS) is 28.2. The Balaban J connectivity index is 1.90. The van der Waals surface area contributed by atoms with E-state index in [2.05, 4.69) is 0 Å². The maximum Gasteiger partial charge on any atom is 0.276 e. The second kappa shape index (κ2) is 4.08. The van der Waals surface area contributed by atoms with E-state index in [1.807, 2.05) is 6.92 Å². The predicted octanol–water partition coefficient (Wildman–Crippen LogP) is 1.61. The highest BCUT2D eigenvalue weighted by Gasteiger charge is 2.48. The molecule has 2 aliphatic rings. The fraction of sp³-hybridized carbons (Fsp3) is 0.667. The Morgan fingerprint density at radius 1 is 1.44 bits per heavy atom. The first kappa shape index (κ1) is 12.2. The summed E-state index contributed by atoms with van der Waals surface area (Å²) in [5, 5.41) is 0.0192. The van der Waals surface area contributed by atoms with Crippen molar-refractivity contribution < 1.29 is 17.6 Å². The Kier molecular flexibility index (Phi) is 2.76. The number of nitrogens with zero attached hydrogens (tertiary/aromatic N) is 1. The van der Waals surface area contributed by atoms with Crippen LogP contribution in [0.5, 0.6) is 0 Å². The molecule has 0 bridgehead atoms. The number of hydrogen-bond donors (Lipinski definition) is 0.